The molecule has 196 valence electrons. The summed E-state index contributed by atoms with van der Waals surface area (Å²) in [5.41, 5.74) is 1.36. The average Bonchev–Trinajstić information content (AvgIpc) is 3.31. The summed E-state index contributed by atoms with van der Waals surface area (Å²) < 4.78 is 10.7. The molecule has 37 heavy (non-hydrogen) atoms. The van der Waals surface area contributed by atoms with Gasteiger partial charge in [0.15, 0.2) is 11.5 Å². The molecule has 0 N–H and O–H groups in total. The number of rotatable bonds is 12. The number of methoxy groups -OCH3 is 2. The average molecular weight is 562 g/mol. The van der Waals surface area contributed by atoms with Crippen molar-refractivity contribution in [2.24, 2.45) is 0 Å². The number of benzene rings is 2. The van der Waals surface area contributed by atoms with Crippen LogP contribution in [0.15, 0.2) is 61.2 Å². The van der Waals surface area contributed by atoms with Gasteiger partial charge in [0, 0.05) is 28.4 Å². The molecule has 6 nitrogen and oxygen atoms in total. The Hall–Kier alpha value is -3.00. The zero-order chi connectivity index (χ0) is 26.9. The van der Waals surface area contributed by atoms with Gasteiger partial charge >= 0.3 is 0 Å². The Bertz CT molecular complexity index is 1260. The lowest BCUT2D eigenvalue weighted by atomic mass is 10.1. The standard InChI is InChI=1S/C28H30Cl2N2O4S/c1-5-13-32(28(34)21-8-10-23(29)24(30)16-21)18-27(33)31(17-22-9-6-19(2)37-22)14-12-20-7-11-25(35-3)26(15-20)36-4/h5-11,15-16H,1,12-14,17-18H2,2-4H3. The van der Waals surface area contributed by atoms with Gasteiger partial charge < -0.3 is 19.3 Å². The van der Waals surface area contributed by atoms with Crippen molar-refractivity contribution in [1.82, 2.24) is 9.80 Å². The molecule has 0 saturated heterocycles. The topological polar surface area (TPSA) is 59.1 Å². The molecule has 0 aliphatic heterocycles. The quantitative estimate of drug-likeness (QED) is 0.244. The van der Waals surface area contributed by atoms with Gasteiger partial charge in [0.25, 0.3) is 5.91 Å². The largest absolute Gasteiger partial charge is 0.493 e. The van der Waals surface area contributed by atoms with Crippen LogP contribution in [0.1, 0.15) is 25.7 Å². The fraction of sp³-hybridized carbons (Fsp3) is 0.286. The maximum absolute atomic E-state index is 13.6. The normalized spacial score (nSPS) is 10.6. The Morgan fingerprint density at radius 3 is 2.35 bits per heavy atom. The number of carbonyl (C=O) groups is 2. The van der Waals surface area contributed by atoms with Crippen LogP contribution >= 0.6 is 34.5 Å². The Balaban J connectivity index is 1.80. The first-order valence-corrected chi connectivity index (χ1v) is 13.2. The van der Waals surface area contributed by atoms with Crippen LogP contribution in [0.25, 0.3) is 0 Å². The van der Waals surface area contributed by atoms with Gasteiger partial charge in [-0.1, -0.05) is 35.3 Å². The number of thiophene rings is 1. The fourth-order valence-corrected chi connectivity index (χ4v) is 5.00. The first-order chi connectivity index (χ1) is 17.7. The van der Waals surface area contributed by atoms with Gasteiger partial charge in [0.05, 0.1) is 30.8 Å². The zero-order valence-corrected chi connectivity index (χ0v) is 23.5. The second-order valence-electron chi connectivity index (χ2n) is 8.37. The fourth-order valence-electron chi connectivity index (χ4n) is 3.80. The summed E-state index contributed by atoms with van der Waals surface area (Å²) in [5, 5.41) is 0.638. The SMILES string of the molecule is C=CCN(CC(=O)N(CCc1ccc(OC)c(OC)c1)Cc1ccc(C)s1)C(=O)c1ccc(Cl)c(Cl)c1. The Kier molecular flexibility index (Phi) is 10.4. The Morgan fingerprint density at radius 2 is 1.73 bits per heavy atom. The van der Waals surface area contributed by atoms with E-state index in [9.17, 15) is 9.59 Å². The molecule has 0 bridgehead atoms. The summed E-state index contributed by atoms with van der Waals surface area (Å²) in [7, 11) is 3.19. The first-order valence-electron chi connectivity index (χ1n) is 11.6. The van der Waals surface area contributed by atoms with Crippen LogP contribution in [0.3, 0.4) is 0 Å². The molecule has 0 aliphatic rings. The number of carbonyl (C=O) groups excluding carboxylic acids is 2. The van der Waals surface area contributed by atoms with E-state index in [1.54, 1.807) is 48.7 Å². The van der Waals surface area contributed by atoms with E-state index >= 15 is 0 Å². The minimum atomic E-state index is -0.321. The Morgan fingerprint density at radius 1 is 0.973 bits per heavy atom. The molecule has 2 aromatic carbocycles. The highest BCUT2D eigenvalue weighted by atomic mass is 35.5. The minimum Gasteiger partial charge on any atom is -0.493 e. The number of hydrogen-bond donors (Lipinski definition) is 0. The van der Waals surface area contributed by atoms with Gasteiger partial charge in [-0.2, -0.15) is 0 Å². The summed E-state index contributed by atoms with van der Waals surface area (Å²) in [4.78, 5) is 32.2. The molecule has 0 spiro atoms. The van der Waals surface area contributed by atoms with Crippen molar-refractivity contribution in [1.29, 1.82) is 0 Å². The molecule has 0 fully saturated rings. The van der Waals surface area contributed by atoms with Crippen molar-refractivity contribution in [2.45, 2.75) is 19.9 Å². The van der Waals surface area contributed by atoms with E-state index in [4.69, 9.17) is 32.7 Å². The minimum absolute atomic E-state index is 0.0958. The van der Waals surface area contributed by atoms with Gasteiger partial charge in [-0.15, -0.1) is 17.9 Å². The van der Waals surface area contributed by atoms with Crippen LogP contribution in [-0.4, -0.2) is 55.5 Å². The lowest BCUT2D eigenvalue weighted by Crippen LogP contribution is -2.43. The number of amides is 2. The van der Waals surface area contributed by atoms with E-state index in [0.717, 1.165) is 10.4 Å². The van der Waals surface area contributed by atoms with Crippen LogP contribution in [0.4, 0.5) is 0 Å². The smallest absolute Gasteiger partial charge is 0.254 e. The number of hydrogen-bond acceptors (Lipinski definition) is 5. The zero-order valence-electron chi connectivity index (χ0n) is 21.1. The molecular weight excluding hydrogens is 531 g/mol. The first kappa shape index (κ1) is 28.6. The van der Waals surface area contributed by atoms with Crippen molar-refractivity contribution in [3.8, 4) is 11.5 Å². The lowest BCUT2D eigenvalue weighted by Gasteiger charge is -2.27. The molecule has 0 atom stereocenters. The molecule has 1 aromatic heterocycles. The predicted molar refractivity (Wildman–Crippen MR) is 150 cm³/mol. The third-order valence-electron chi connectivity index (χ3n) is 5.74. The molecule has 1 heterocycles. The summed E-state index contributed by atoms with van der Waals surface area (Å²) in [6, 6.07) is 14.5. The number of ether oxygens (including phenoxy) is 2. The highest BCUT2D eigenvalue weighted by molar-refractivity contribution is 7.11. The van der Waals surface area contributed by atoms with Gasteiger partial charge in [-0.25, -0.2) is 0 Å². The van der Waals surface area contributed by atoms with Gasteiger partial charge in [0.1, 0.15) is 6.54 Å². The van der Waals surface area contributed by atoms with E-state index in [-0.39, 0.29) is 29.9 Å². The monoisotopic (exact) mass is 560 g/mol. The number of aryl methyl sites for hydroxylation is 1. The van der Waals surface area contributed by atoms with E-state index in [2.05, 4.69) is 6.58 Å². The van der Waals surface area contributed by atoms with Crippen molar-refractivity contribution >= 4 is 46.4 Å². The molecule has 0 radical (unpaired) electrons. The summed E-state index contributed by atoms with van der Waals surface area (Å²) in [6.07, 6.45) is 2.21. The van der Waals surface area contributed by atoms with Crippen LogP contribution < -0.4 is 9.47 Å². The second-order valence-corrected chi connectivity index (χ2v) is 10.6. The highest BCUT2D eigenvalue weighted by Crippen LogP contribution is 2.28. The van der Waals surface area contributed by atoms with Gasteiger partial charge in [-0.05, 0) is 61.4 Å². The number of halogens is 2. The third-order valence-corrected chi connectivity index (χ3v) is 7.47. The molecule has 0 aliphatic carbocycles. The molecular formula is C28H30Cl2N2O4S. The van der Waals surface area contributed by atoms with E-state index in [1.807, 2.05) is 37.3 Å². The second kappa shape index (κ2) is 13.5. The maximum Gasteiger partial charge on any atom is 0.254 e. The predicted octanol–water partition coefficient (Wildman–Crippen LogP) is 6.28. The molecule has 0 unspecified atom stereocenters. The van der Waals surface area contributed by atoms with E-state index in [0.29, 0.717) is 41.6 Å². The van der Waals surface area contributed by atoms with Crippen molar-refractivity contribution in [3.63, 3.8) is 0 Å². The van der Waals surface area contributed by atoms with Gasteiger partial charge in [0.2, 0.25) is 5.91 Å². The van der Waals surface area contributed by atoms with E-state index in [1.165, 1.54) is 15.8 Å². The molecule has 3 rings (SSSR count). The molecule has 0 saturated carbocycles. The van der Waals surface area contributed by atoms with E-state index < -0.39 is 0 Å². The Labute approximate surface area is 232 Å². The summed E-state index contributed by atoms with van der Waals surface area (Å²) in [6.45, 7) is 6.82. The van der Waals surface area contributed by atoms with Crippen LogP contribution in [0.2, 0.25) is 10.0 Å². The summed E-state index contributed by atoms with van der Waals surface area (Å²) >= 11 is 13.8. The molecule has 3 aromatic rings. The third kappa shape index (κ3) is 7.74. The number of nitrogens with zero attached hydrogens (tertiary/aromatic N) is 2. The van der Waals surface area contributed by atoms with Crippen LogP contribution in [0.5, 0.6) is 11.5 Å². The van der Waals surface area contributed by atoms with Crippen molar-refractivity contribution in [2.75, 3.05) is 33.9 Å². The van der Waals surface area contributed by atoms with Crippen LogP contribution in [-0.2, 0) is 17.8 Å². The van der Waals surface area contributed by atoms with Crippen LogP contribution in [0, 0.1) is 6.92 Å². The van der Waals surface area contributed by atoms with Crippen molar-refractivity contribution in [3.05, 3.63) is 92.1 Å². The lowest BCUT2D eigenvalue weighted by molar-refractivity contribution is -0.132. The van der Waals surface area contributed by atoms with Crippen molar-refractivity contribution < 1.29 is 19.1 Å². The molecule has 9 heteroatoms. The van der Waals surface area contributed by atoms with Gasteiger partial charge in [-0.3, -0.25) is 9.59 Å². The summed E-state index contributed by atoms with van der Waals surface area (Å²) in [5.74, 6) is 0.797. The highest BCUT2D eigenvalue weighted by Gasteiger charge is 2.23. The molecule has 2 amide bonds. The maximum atomic E-state index is 13.6.